The van der Waals surface area contributed by atoms with Crippen molar-refractivity contribution < 1.29 is 45.4 Å². The minimum absolute atomic E-state index is 0.0106. The zero-order valence-corrected chi connectivity index (χ0v) is 32.5. The fourth-order valence-corrected chi connectivity index (χ4v) is 10.5. The van der Waals surface area contributed by atoms with Crippen LogP contribution in [0.2, 0.25) is 0 Å². The minimum Gasteiger partial charge on any atom is -0.494 e. The average Bonchev–Trinajstić information content (AvgIpc) is 3.69. The molecule has 0 radical (unpaired) electrons. The first-order chi connectivity index (χ1) is 25.8. The van der Waals surface area contributed by atoms with E-state index in [1.807, 2.05) is 6.08 Å². The lowest BCUT2D eigenvalue weighted by atomic mass is 9.47. The highest BCUT2D eigenvalue weighted by molar-refractivity contribution is 7.89. The number of benzene rings is 2. The van der Waals surface area contributed by atoms with Crippen LogP contribution in [0.1, 0.15) is 85.3 Å². The molecule has 2 N–H and O–H groups in total. The third-order valence-electron chi connectivity index (χ3n) is 12.6. The molecule has 0 amide bonds. The van der Waals surface area contributed by atoms with E-state index in [1.54, 1.807) is 6.92 Å². The molecule has 1 aromatic heterocycles. The fraction of sp³-hybridized carbons (Fsp3) is 0.463. The number of carbonyl (C=O) groups excluding carboxylic acids is 3. The minimum atomic E-state index is -3.90. The third kappa shape index (κ3) is 6.96. The van der Waals surface area contributed by atoms with Crippen molar-refractivity contribution in [3.8, 4) is 22.7 Å². The highest BCUT2D eigenvalue weighted by atomic mass is 32.2. The quantitative estimate of drug-likeness (QED) is 0.239. The molecule has 294 valence electrons. The van der Waals surface area contributed by atoms with Crippen LogP contribution in [0.4, 0.5) is 13.2 Å². The SMILES string of the molecule is CC(=O)O[C@]1(C(C)=O)CC[C@H]2[C@@H]3C=C(C)C4=CC(=O)CC[C@]4(C)[C@H]3CC[C@@]21C.COc1ccc(-c2cc(C(F)F)nn2-c2ccc(S(N)(=O)=O)cc2)cc1F. The highest BCUT2D eigenvalue weighted by Gasteiger charge is 2.67. The maximum Gasteiger partial charge on any atom is 0.303 e. The van der Waals surface area contributed by atoms with Gasteiger partial charge >= 0.3 is 5.97 Å². The third-order valence-corrected chi connectivity index (χ3v) is 13.6. The number of fused-ring (bicyclic) bond motifs is 5. The first kappa shape index (κ1) is 40.1. The zero-order valence-electron chi connectivity index (χ0n) is 31.7. The monoisotopic (exact) mass is 781 g/mol. The number of hydrogen-bond donors (Lipinski definition) is 1. The smallest absolute Gasteiger partial charge is 0.303 e. The molecule has 0 spiro atoms. The number of allylic oxidation sites excluding steroid dienone is 4. The van der Waals surface area contributed by atoms with Crippen LogP contribution >= 0.6 is 0 Å². The first-order valence-electron chi connectivity index (χ1n) is 18.3. The van der Waals surface area contributed by atoms with Crippen molar-refractivity contribution in [3.05, 3.63) is 83.3 Å². The van der Waals surface area contributed by atoms with E-state index in [0.717, 1.165) is 37.8 Å². The second kappa shape index (κ2) is 14.5. The first-order valence-corrected chi connectivity index (χ1v) is 19.8. The van der Waals surface area contributed by atoms with Gasteiger partial charge in [0.2, 0.25) is 10.0 Å². The number of rotatable bonds is 7. The van der Waals surface area contributed by atoms with Gasteiger partial charge in [-0.25, -0.2) is 31.4 Å². The van der Waals surface area contributed by atoms with E-state index in [1.165, 1.54) is 66.3 Å². The summed E-state index contributed by atoms with van der Waals surface area (Å²) in [6, 6.07) is 10.3. The molecule has 14 heteroatoms. The van der Waals surface area contributed by atoms with Crippen molar-refractivity contribution in [3.63, 3.8) is 0 Å². The van der Waals surface area contributed by atoms with Gasteiger partial charge in [-0.3, -0.25) is 14.4 Å². The topological polar surface area (TPSA) is 148 Å². The number of carbonyl (C=O) groups is 3. The predicted octanol–water partition coefficient (Wildman–Crippen LogP) is 7.85. The van der Waals surface area contributed by atoms with Gasteiger partial charge in [-0.05, 0) is 129 Å². The Labute approximate surface area is 319 Å². The molecule has 4 aliphatic carbocycles. The summed E-state index contributed by atoms with van der Waals surface area (Å²) >= 11 is 0. The van der Waals surface area contributed by atoms with Gasteiger partial charge < -0.3 is 9.47 Å². The number of halogens is 3. The molecule has 1 heterocycles. The Bertz CT molecular complexity index is 2220. The summed E-state index contributed by atoms with van der Waals surface area (Å²) < 4.78 is 74.9. The van der Waals surface area contributed by atoms with Crippen LogP contribution in [-0.2, 0) is 29.1 Å². The molecule has 3 aromatic rings. The van der Waals surface area contributed by atoms with Crippen LogP contribution < -0.4 is 9.88 Å². The van der Waals surface area contributed by atoms with E-state index < -0.39 is 33.6 Å². The van der Waals surface area contributed by atoms with Gasteiger partial charge in [0.25, 0.3) is 6.43 Å². The number of nitrogens with zero attached hydrogens (tertiary/aromatic N) is 2. The van der Waals surface area contributed by atoms with Crippen molar-refractivity contribution in [2.24, 2.45) is 33.7 Å². The molecule has 0 unspecified atom stereocenters. The fourth-order valence-electron chi connectivity index (χ4n) is 9.99. The number of ketones is 2. The molecule has 6 atom stereocenters. The number of nitrogens with two attached hydrogens (primary N) is 1. The van der Waals surface area contributed by atoms with E-state index in [9.17, 15) is 36.0 Å². The number of methoxy groups -OCH3 is 1. The van der Waals surface area contributed by atoms with Gasteiger partial charge in [-0.2, -0.15) is 5.10 Å². The number of hydrogen-bond acceptors (Lipinski definition) is 8. The summed E-state index contributed by atoms with van der Waals surface area (Å²) in [6.45, 7) is 9.63. The molecule has 2 saturated carbocycles. The zero-order chi connectivity index (χ0) is 40.2. The Balaban J connectivity index is 0.000000187. The van der Waals surface area contributed by atoms with E-state index in [2.05, 4.69) is 31.9 Å². The van der Waals surface area contributed by atoms with Crippen LogP contribution in [0.15, 0.2) is 76.7 Å². The maximum atomic E-state index is 14.0. The Kier molecular flexibility index (Phi) is 10.6. The number of aromatic nitrogens is 2. The van der Waals surface area contributed by atoms with Crippen molar-refractivity contribution in [1.29, 1.82) is 0 Å². The standard InChI is InChI=1S/C24H32O4.C17H14F3N3O3S/c1-14-12-18-19(22(4)9-6-17(27)13-21(14)22)7-10-23(5)20(18)8-11-24(23,15(2)25)28-16(3)26;1-26-16-7-2-10(8-13(16)18)15-9-14(17(19)20)22-23(15)11-3-5-12(6-4-11)27(21,24)25/h12-13,18-20H,6-11H2,1-5H3;2-9,17H,1H3,(H2,21,24,25)/t18-,19+,20+,22-,23+,24+;/m1./s1. The van der Waals surface area contributed by atoms with E-state index in [-0.39, 0.29) is 44.7 Å². The Hall–Kier alpha value is -4.56. The molecule has 2 aromatic carbocycles. The van der Waals surface area contributed by atoms with Gasteiger partial charge in [0, 0.05) is 24.3 Å². The van der Waals surface area contributed by atoms with Gasteiger partial charge in [0.1, 0.15) is 5.69 Å². The Morgan fingerprint density at radius 2 is 1.67 bits per heavy atom. The van der Waals surface area contributed by atoms with Crippen LogP contribution in [0.5, 0.6) is 5.75 Å². The maximum absolute atomic E-state index is 14.0. The van der Waals surface area contributed by atoms with Crippen LogP contribution in [0, 0.1) is 34.4 Å². The lowest BCUT2D eigenvalue weighted by molar-refractivity contribution is -0.185. The summed E-state index contributed by atoms with van der Waals surface area (Å²) in [6.07, 6.45) is 6.36. The Morgan fingerprint density at radius 3 is 2.25 bits per heavy atom. The van der Waals surface area contributed by atoms with Gasteiger partial charge in [-0.15, -0.1) is 0 Å². The number of esters is 1. The van der Waals surface area contributed by atoms with Crippen molar-refractivity contribution in [2.45, 2.75) is 90.1 Å². The van der Waals surface area contributed by atoms with Crippen molar-refractivity contribution >= 4 is 27.6 Å². The molecule has 0 aliphatic heterocycles. The molecule has 55 heavy (non-hydrogen) atoms. The summed E-state index contributed by atoms with van der Waals surface area (Å²) in [5.74, 6) is 0.378. The van der Waals surface area contributed by atoms with E-state index in [4.69, 9.17) is 14.6 Å². The summed E-state index contributed by atoms with van der Waals surface area (Å²) in [7, 11) is -2.59. The van der Waals surface area contributed by atoms with Gasteiger partial charge in [0.15, 0.2) is 28.7 Å². The lowest BCUT2D eigenvalue weighted by Gasteiger charge is -2.58. The lowest BCUT2D eigenvalue weighted by Crippen LogP contribution is -2.58. The molecule has 4 aliphatic rings. The van der Waals surface area contributed by atoms with E-state index in [0.29, 0.717) is 41.8 Å². The van der Waals surface area contributed by atoms with E-state index >= 15 is 0 Å². The number of primary sulfonamides is 1. The summed E-state index contributed by atoms with van der Waals surface area (Å²) in [5.41, 5.74) is 1.45. The second-order valence-electron chi connectivity index (χ2n) is 15.6. The highest BCUT2D eigenvalue weighted by Crippen LogP contribution is 2.67. The number of Topliss-reactive ketones (excluding diaryl/α,β-unsaturated/α-hetero) is 1. The largest absolute Gasteiger partial charge is 0.494 e. The van der Waals surface area contributed by atoms with Crippen molar-refractivity contribution in [1.82, 2.24) is 9.78 Å². The molecule has 0 bridgehead atoms. The van der Waals surface area contributed by atoms with Crippen LogP contribution in [0.3, 0.4) is 0 Å². The molecule has 7 rings (SSSR count). The number of alkyl halides is 2. The second-order valence-corrected chi connectivity index (χ2v) is 17.2. The summed E-state index contributed by atoms with van der Waals surface area (Å²) in [5, 5.41) is 8.90. The van der Waals surface area contributed by atoms with Gasteiger partial charge in [-0.1, -0.05) is 25.5 Å². The molecule has 2 fully saturated rings. The van der Waals surface area contributed by atoms with Gasteiger partial charge in [0.05, 0.1) is 23.4 Å². The summed E-state index contributed by atoms with van der Waals surface area (Å²) in [4.78, 5) is 36.6. The normalized spacial score (nSPS) is 28.5. The predicted molar refractivity (Wildman–Crippen MR) is 198 cm³/mol. The van der Waals surface area contributed by atoms with Crippen LogP contribution in [0.25, 0.3) is 16.9 Å². The molecular formula is C41H46F3N3O7S. The Morgan fingerprint density at radius 1 is 1.00 bits per heavy atom. The molecule has 0 saturated heterocycles. The molecular weight excluding hydrogens is 736 g/mol. The average molecular weight is 782 g/mol. The number of sulfonamides is 1. The van der Waals surface area contributed by atoms with Crippen LogP contribution in [-0.4, -0.2) is 48.4 Å². The number of ether oxygens (including phenoxy) is 2. The molecule has 10 nitrogen and oxygen atoms in total. The van der Waals surface area contributed by atoms with Crippen molar-refractivity contribution in [2.75, 3.05) is 7.11 Å².